The molecule has 1 aromatic rings. The van der Waals surface area contributed by atoms with Gasteiger partial charge in [0.25, 0.3) is 0 Å². The summed E-state index contributed by atoms with van der Waals surface area (Å²) < 4.78 is 33.2. The van der Waals surface area contributed by atoms with Crippen molar-refractivity contribution < 1.29 is 13.5 Å². The lowest BCUT2D eigenvalue weighted by atomic mass is 9.79. The maximum absolute atomic E-state index is 14.1. The van der Waals surface area contributed by atoms with Crippen LogP contribution < -0.4 is 5.32 Å². The van der Waals surface area contributed by atoms with E-state index in [1.807, 2.05) is 27.7 Å². The maximum Gasteiger partial charge on any atom is 0.130 e. The standard InChI is InChI=1S/C16H23F2NO/c1-15(2)9-12(16(3,4)20-15)14(19-5)11-7-6-10(17)8-13(11)18/h6-8,12,14,19H,9H2,1-5H3. The molecular weight excluding hydrogens is 260 g/mol. The smallest absolute Gasteiger partial charge is 0.130 e. The van der Waals surface area contributed by atoms with Gasteiger partial charge in [-0.05, 0) is 47.2 Å². The largest absolute Gasteiger partial charge is 0.369 e. The molecular formula is C16H23F2NO. The molecule has 0 saturated carbocycles. The van der Waals surface area contributed by atoms with E-state index in [-0.39, 0.29) is 23.2 Å². The third kappa shape index (κ3) is 2.86. The summed E-state index contributed by atoms with van der Waals surface area (Å²) >= 11 is 0. The SMILES string of the molecule is CNC(c1ccc(F)cc1F)C1CC(C)(C)OC1(C)C. The van der Waals surface area contributed by atoms with Crippen LogP contribution in [0.1, 0.15) is 45.7 Å². The van der Waals surface area contributed by atoms with E-state index < -0.39 is 11.6 Å². The molecule has 1 saturated heterocycles. The summed E-state index contributed by atoms with van der Waals surface area (Å²) in [4.78, 5) is 0. The van der Waals surface area contributed by atoms with E-state index in [4.69, 9.17) is 4.74 Å². The first-order chi connectivity index (χ1) is 9.16. The average Bonchev–Trinajstić information content (AvgIpc) is 2.51. The van der Waals surface area contributed by atoms with Crippen LogP contribution in [0.2, 0.25) is 0 Å². The highest BCUT2D eigenvalue weighted by Crippen LogP contribution is 2.47. The molecule has 1 aromatic carbocycles. The third-order valence-corrected chi connectivity index (χ3v) is 4.15. The van der Waals surface area contributed by atoms with Crippen molar-refractivity contribution in [2.24, 2.45) is 5.92 Å². The Morgan fingerprint density at radius 1 is 1.25 bits per heavy atom. The Hall–Kier alpha value is -1.00. The van der Waals surface area contributed by atoms with Crippen LogP contribution in [0.3, 0.4) is 0 Å². The highest BCUT2D eigenvalue weighted by atomic mass is 19.1. The van der Waals surface area contributed by atoms with Gasteiger partial charge >= 0.3 is 0 Å². The van der Waals surface area contributed by atoms with Crippen molar-refractivity contribution in [2.75, 3.05) is 7.05 Å². The van der Waals surface area contributed by atoms with Crippen LogP contribution in [0.5, 0.6) is 0 Å². The predicted octanol–water partition coefficient (Wildman–Crippen LogP) is 3.82. The molecule has 0 amide bonds. The second kappa shape index (κ2) is 5.08. The van der Waals surface area contributed by atoms with Crippen LogP contribution in [0, 0.1) is 17.6 Å². The van der Waals surface area contributed by atoms with E-state index in [9.17, 15) is 8.78 Å². The molecule has 1 aliphatic rings. The summed E-state index contributed by atoms with van der Waals surface area (Å²) in [5, 5.41) is 3.17. The molecule has 1 aliphatic heterocycles. The molecule has 4 heteroatoms. The lowest BCUT2D eigenvalue weighted by Crippen LogP contribution is -2.37. The zero-order valence-electron chi connectivity index (χ0n) is 12.8. The maximum atomic E-state index is 14.1. The third-order valence-electron chi connectivity index (χ3n) is 4.15. The molecule has 2 nitrogen and oxygen atoms in total. The van der Waals surface area contributed by atoms with Crippen molar-refractivity contribution in [3.8, 4) is 0 Å². The van der Waals surface area contributed by atoms with Crippen LogP contribution >= 0.6 is 0 Å². The van der Waals surface area contributed by atoms with Gasteiger partial charge in [0.2, 0.25) is 0 Å². The van der Waals surface area contributed by atoms with E-state index >= 15 is 0 Å². The molecule has 0 aromatic heterocycles. The molecule has 112 valence electrons. The zero-order valence-corrected chi connectivity index (χ0v) is 12.8. The number of hydrogen-bond acceptors (Lipinski definition) is 2. The van der Waals surface area contributed by atoms with Crippen molar-refractivity contribution in [1.82, 2.24) is 5.32 Å². The predicted molar refractivity (Wildman–Crippen MR) is 75.5 cm³/mol. The van der Waals surface area contributed by atoms with Gasteiger partial charge in [0.1, 0.15) is 11.6 Å². The number of halogens is 2. The normalized spacial score (nSPS) is 25.6. The van der Waals surface area contributed by atoms with Gasteiger partial charge in [0.05, 0.1) is 11.2 Å². The fourth-order valence-corrected chi connectivity index (χ4v) is 3.45. The fourth-order valence-electron chi connectivity index (χ4n) is 3.45. The molecule has 0 aliphatic carbocycles. The first-order valence-corrected chi connectivity index (χ1v) is 6.99. The zero-order chi connectivity index (χ0) is 15.1. The first kappa shape index (κ1) is 15.4. The summed E-state index contributed by atoms with van der Waals surface area (Å²) in [6.45, 7) is 8.14. The highest BCUT2D eigenvalue weighted by molar-refractivity contribution is 5.24. The van der Waals surface area contributed by atoms with Gasteiger partial charge in [-0.3, -0.25) is 0 Å². The van der Waals surface area contributed by atoms with Crippen molar-refractivity contribution >= 4 is 0 Å². The lowest BCUT2D eigenvalue weighted by Gasteiger charge is -2.33. The Labute approximate surface area is 119 Å². The van der Waals surface area contributed by atoms with Crippen molar-refractivity contribution in [2.45, 2.75) is 51.4 Å². The van der Waals surface area contributed by atoms with Gasteiger partial charge in [-0.2, -0.15) is 0 Å². The minimum atomic E-state index is -0.552. The first-order valence-electron chi connectivity index (χ1n) is 6.99. The van der Waals surface area contributed by atoms with Crippen molar-refractivity contribution in [1.29, 1.82) is 0 Å². The topological polar surface area (TPSA) is 21.3 Å². The van der Waals surface area contributed by atoms with Crippen LogP contribution in [-0.2, 0) is 4.74 Å². The van der Waals surface area contributed by atoms with Crippen LogP contribution in [0.15, 0.2) is 18.2 Å². The minimum absolute atomic E-state index is 0.113. The van der Waals surface area contributed by atoms with Gasteiger partial charge in [-0.25, -0.2) is 8.78 Å². The molecule has 0 bridgehead atoms. The summed E-state index contributed by atoms with van der Waals surface area (Å²) in [6, 6.07) is 3.56. The molecule has 2 atom stereocenters. The van der Waals surface area contributed by atoms with Crippen molar-refractivity contribution in [3.05, 3.63) is 35.4 Å². The Morgan fingerprint density at radius 3 is 2.35 bits per heavy atom. The fraction of sp³-hybridized carbons (Fsp3) is 0.625. The number of hydrogen-bond donors (Lipinski definition) is 1. The quantitative estimate of drug-likeness (QED) is 0.910. The van der Waals surface area contributed by atoms with Gasteiger partial charge in [0.15, 0.2) is 0 Å². The molecule has 20 heavy (non-hydrogen) atoms. The summed E-state index contributed by atoms with van der Waals surface area (Å²) in [6.07, 6.45) is 0.822. The molecule has 2 unspecified atom stereocenters. The van der Waals surface area contributed by atoms with Crippen LogP contribution in [0.25, 0.3) is 0 Å². The molecule has 0 radical (unpaired) electrons. The monoisotopic (exact) mass is 283 g/mol. The number of nitrogens with one attached hydrogen (secondary N) is 1. The van der Waals surface area contributed by atoms with E-state index in [1.54, 1.807) is 7.05 Å². The molecule has 2 rings (SSSR count). The highest BCUT2D eigenvalue weighted by Gasteiger charge is 2.49. The Balaban J connectivity index is 2.37. The number of benzene rings is 1. The molecule has 1 fully saturated rings. The van der Waals surface area contributed by atoms with E-state index in [0.717, 1.165) is 12.5 Å². The Bertz CT molecular complexity index is 499. The van der Waals surface area contributed by atoms with Crippen molar-refractivity contribution in [3.63, 3.8) is 0 Å². The van der Waals surface area contributed by atoms with Gasteiger partial charge in [0, 0.05) is 23.6 Å². The lowest BCUT2D eigenvalue weighted by molar-refractivity contribution is -0.0777. The number of ether oxygens (including phenoxy) is 1. The van der Waals surface area contributed by atoms with Gasteiger partial charge in [-0.15, -0.1) is 0 Å². The second-order valence-corrected chi connectivity index (χ2v) is 6.71. The van der Waals surface area contributed by atoms with E-state index in [1.165, 1.54) is 12.1 Å². The van der Waals surface area contributed by atoms with Crippen LogP contribution in [-0.4, -0.2) is 18.2 Å². The number of rotatable bonds is 3. The molecule has 1 N–H and O–H groups in total. The minimum Gasteiger partial charge on any atom is -0.369 e. The summed E-state index contributed by atoms with van der Waals surface area (Å²) in [5.74, 6) is -0.948. The summed E-state index contributed by atoms with van der Waals surface area (Å²) in [7, 11) is 1.80. The van der Waals surface area contributed by atoms with Gasteiger partial charge in [-0.1, -0.05) is 6.07 Å². The van der Waals surface area contributed by atoms with E-state index in [2.05, 4.69) is 5.32 Å². The van der Waals surface area contributed by atoms with Gasteiger partial charge < -0.3 is 10.1 Å². The second-order valence-electron chi connectivity index (χ2n) is 6.71. The summed E-state index contributed by atoms with van der Waals surface area (Å²) in [5.41, 5.74) is -0.106. The van der Waals surface area contributed by atoms with E-state index in [0.29, 0.717) is 5.56 Å². The Morgan fingerprint density at radius 2 is 1.90 bits per heavy atom. The van der Waals surface area contributed by atoms with Crippen LogP contribution in [0.4, 0.5) is 8.78 Å². The molecule has 0 spiro atoms. The Kier molecular flexibility index (Phi) is 3.91. The molecule has 1 heterocycles. The average molecular weight is 283 g/mol.